The van der Waals surface area contributed by atoms with Crippen LogP contribution in [0.1, 0.15) is 36.5 Å². The van der Waals surface area contributed by atoms with Gasteiger partial charge in [0.05, 0.1) is 19.4 Å². The van der Waals surface area contributed by atoms with Crippen molar-refractivity contribution in [2.45, 2.75) is 45.7 Å². The first-order chi connectivity index (χ1) is 9.27. The van der Waals surface area contributed by atoms with E-state index in [1.54, 1.807) is 4.90 Å². The van der Waals surface area contributed by atoms with Crippen LogP contribution in [0.5, 0.6) is 0 Å². The Bertz CT molecular complexity index is 364. The van der Waals surface area contributed by atoms with Gasteiger partial charge in [-0.1, -0.05) is 20.8 Å². The number of carbonyl (C=O) groups is 2. The second-order valence-corrected chi connectivity index (χ2v) is 6.11. The van der Waals surface area contributed by atoms with Crippen molar-refractivity contribution in [3.05, 3.63) is 0 Å². The van der Waals surface area contributed by atoms with Gasteiger partial charge in [-0.05, 0) is 18.3 Å². The van der Waals surface area contributed by atoms with E-state index in [1.165, 1.54) is 0 Å². The first-order valence-electron chi connectivity index (χ1n) is 6.85. The SMILES string of the molecule is CC(C)(C)[C@H](NC(=O)O)C(=O)N1CCC[C@H]1COCN.[HH].[HH]. The molecule has 20 heavy (non-hydrogen) atoms. The fourth-order valence-corrected chi connectivity index (χ4v) is 2.44. The Balaban J connectivity index is 0. The second kappa shape index (κ2) is 6.90. The Kier molecular flexibility index (Phi) is 5.76. The van der Waals surface area contributed by atoms with E-state index >= 15 is 0 Å². The molecule has 1 fully saturated rings. The molecule has 2 atom stereocenters. The summed E-state index contributed by atoms with van der Waals surface area (Å²) in [5.74, 6) is -0.192. The van der Waals surface area contributed by atoms with Gasteiger partial charge in [-0.25, -0.2) is 4.79 Å². The van der Waals surface area contributed by atoms with E-state index in [-0.39, 0.29) is 21.5 Å². The largest absolute Gasteiger partial charge is 0.465 e. The van der Waals surface area contributed by atoms with Gasteiger partial charge in [0.1, 0.15) is 6.04 Å². The number of hydrogen-bond acceptors (Lipinski definition) is 4. The minimum absolute atomic E-state index is 0. The molecule has 0 unspecified atom stereocenters. The van der Waals surface area contributed by atoms with Gasteiger partial charge < -0.3 is 25.8 Å². The van der Waals surface area contributed by atoms with Crippen LogP contribution in [-0.4, -0.2) is 54.0 Å². The van der Waals surface area contributed by atoms with Gasteiger partial charge in [0.15, 0.2) is 0 Å². The zero-order valence-corrected chi connectivity index (χ0v) is 12.4. The van der Waals surface area contributed by atoms with E-state index in [4.69, 9.17) is 15.6 Å². The summed E-state index contributed by atoms with van der Waals surface area (Å²) in [6.07, 6.45) is 0.566. The minimum Gasteiger partial charge on any atom is -0.465 e. The summed E-state index contributed by atoms with van der Waals surface area (Å²) in [4.78, 5) is 25.2. The number of ether oxygens (including phenoxy) is 1. The molecule has 0 radical (unpaired) electrons. The van der Waals surface area contributed by atoms with Crippen LogP contribution in [0.4, 0.5) is 4.79 Å². The van der Waals surface area contributed by atoms with Gasteiger partial charge >= 0.3 is 6.09 Å². The number of carbonyl (C=O) groups excluding carboxylic acids is 1. The normalized spacial score (nSPS) is 20.8. The maximum absolute atomic E-state index is 12.6. The van der Waals surface area contributed by atoms with Gasteiger partial charge in [-0.3, -0.25) is 4.79 Å². The van der Waals surface area contributed by atoms with Crippen molar-refractivity contribution in [3.63, 3.8) is 0 Å². The van der Waals surface area contributed by atoms with Crippen molar-refractivity contribution in [1.82, 2.24) is 10.2 Å². The number of nitrogens with zero attached hydrogens (tertiary/aromatic N) is 1. The fraction of sp³-hybridized carbons (Fsp3) is 0.846. The average molecular weight is 291 g/mol. The molecule has 0 aromatic carbocycles. The number of nitrogens with one attached hydrogen (secondary N) is 1. The molecule has 1 aliphatic rings. The van der Waals surface area contributed by atoms with E-state index in [0.717, 1.165) is 12.8 Å². The molecule has 0 bridgehead atoms. The summed E-state index contributed by atoms with van der Waals surface area (Å²) >= 11 is 0. The van der Waals surface area contributed by atoms with Crippen LogP contribution in [-0.2, 0) is 9.53 Å². The minimum atomic E-state index is -1.19. The van der Waals surface area contributed by atoms with E-state index in [9.17, 15) is 9.59 Å². The molecule has 7 nitrogen and oxygen atoms in total. The van der Waals surface area contributed by atoms with E-state index in [1.807, 2.05) is 20.8 Å². The van der Waals surface area contributed by atoms with Crippen molar-refractivity contribution in [1.29, 1.82) is 0 Å². The molecule has 0 aliphatic carbocycles. The van der Waals surface area contributed by atoms with E-state index < -0.39 is 17.6 Å². The molecule has 2 amide bonds. The lowest BCUT2D eigenvalue weighted by molar-refractivity contribution is -0.137. The lowest BCUT2D eigenvalue weighted by atomic mass is 9.85. The lowest BCUT2D eigenvalue weighted by Gasteiger charge is -2.35. The van der Waals surface area contributed by atoms with Crippen LogP contribution >= 0.6 is 0 Å². The predicted octanol–water partition coefficient (Wildman–Crippen LogP) is 1.08. The standard InChI is InChI=1S/C13H25N3O4.2H2/c1-13(2,3)10(15-12(18)19)11(17)16-6-4-5-9(16)7-20-8-14;;/h9-10,15H,4-8,14H2,1-3H3,(H,18,19);2*1H/t9-,10+;;/m0../s1. The maximum Gasteiger partial charge on any atom is 0.405 e. The molecule has 1 saturated heterocycles. The molecule has 7 heteroatoms. The van der Waals surface area contributed by atoms with Gasteiger partial charge in [-0.2, -0.15) is 0 Å². The van der Waals surface area contributed by atoms with Crippen molar-refractivity contribution >= 4 is 12.0 Å². The average Bonchev–Trinajstić information content (AvgIpc) is 2.79. The topological polar surface area (TPSA) is 105 Å². The molecule has 0 aromatic heterocycles. The zero-order valence-electron chi connectivity index (χ0n) is 12.4. The van der Waals surface area contributed by atoms with Crippen molar-refractivity contribution in [2.24, 2.45) is 11.1 Å². The number of amides is 2. The Labute approximate surface area is 122 Å². The van der Waals surface area contributed by atoms with Crippen LogP contribution < -0.4 is 11.1 Å². The van der Waals surface area contributed by atoms with Gasteiger partial charge in [-0.15, -0.1) is 0 Å². The summed E-state index contributed by atoms with van der Waals surface area (Å²) in [5.41, 5.74) is 4.82. The highest BCUT2D eigenvalue weighted by Gasteiger charge is 2.39. The molecule has 0 spiro atoms. The van der Waals surface area contributed by atoms with Gasteiger partial charge in [0.25, 0.3) is 0 Å². The second-order valence-electron chi connectivity index (χ2n) is 6.11. The van der Waals surface area contributed by atoms with E-state index in [2.05, 4.69) is 5.32 Å². The molecule has 1 aliphatic heterocycles. The third kappa shape index (κ3) is 4.35. The summed E-state index contributed by atoms with van der Waals surface area (Å²) in [6, 6.07) is -0.787. The quantitative estimate of drug-likeness (QED) is 0.657. The molecule has 4 N–H and O–H groups in total. The maximum atomic E-state index is 12.6. The Morgan fingerprint density at radius 3 is 2.70 bits per heavy atom. The third-order valence-corrected chi connectivity index (χ3v) is 3.47. The predicted molar refractivity (Wildman–Crippen MR) is 78.4 cm³/mol. The van der Waals surface area contributed by atoms with Crippen LogP contribution in [0.2, 0.25) is 0 Å². The van der Waals surface area contributed by atoms with Crippen molar-refractivity contribution < 1.29 is 22.3 Å². The molecule has 0 aromatic rings. The molecular formula is C13H29N3O4. The number of nitrogens with two attached hydrogens (primary N) is 1. The van der Waals surface area contributed by atoms with Crippen molar-refractivity contribution in [2.75, 3.05) is 19.9 Å². The van der Waals surface area contributed by atoms with Crippen LogP contribution in [0, 0.1) is 5.41 Å². The van der Waals surface area contributed by atoms with E-state index in [0.29, 0.717) is 13.2 Å². The number of likely N-dealkylation sites (tertiary alicyclic amines) is 1. The monoisotopic (exact) mass is 291 g/mol. The molecule has 0 saturated carbocycles. The molecule has 1 heterocycles. The highest BCUT2D eigenvalue weighted by molar-refractivity contribution is 5.86. The third-order valence-electron chi connectivity index (χ3n) is 3.47. The number of hydrogen-bond donors (Lipinski definition) is 3. The highest BCUT2D eigenvalue weighted by Crippen LogP contribution is 2.25. The molecular weight excluding hydrogens is 262 g/mol. The van der Waals surface area contributed by atoms with Gasteiger partial charge in [0.2, 0.25) is 5.91 Å². The smallest absolute Gasteiger partial charge is 0.405 e. The lowest BCUT2D eigenvalue weighted by Crippen LogP contribution is -2.56. The number of carboxylic acid groups (broad SMARTS) is 1. The number of rotatable bonds is 5. The zero-order chi connectivity index (χ0) is 15.3. The van der Waals surface area contributed by atoms with Crippen LogP contribution in [0.3, 0.4) is 0 Å². The highest BCUT2D eigenvalue weighted by atomic mass is 16.5. The Morgan fingerprint density at radius 2 is 2.20 bits per heavy atom. The molecule has 1 rings (SSSR count). The summed E-state index contributed by atoms with van der Waals surface area (Å²) in [6.45, 7) is 6.67. The summed E-state index contributed by atoms with van der Waals surface area (Å²) in [5, 5.41) is 11.3. The molecule has 120 valence electrons. The van der Waals surface area contributed by atoms with Crippen molar-refractivity contribution in [3.8, 4) is 0 Å². The Morgan fingerprint density at radius 1 is 1.55 bits per heavy atom. The fourth-order valence-electron chi connectivity index (χ4n) is 2.44. The summed E-state index contributed by atoms with van der Waals surface area (Å²) in [7, 11) is 0. The summed E-state index contributed by atoms with van der Waals surface area (Å²) < 4.78 is 5.19. The first kappa shape index (κ1) is 16.7. The van der Waals surface area contributed by atoms with Gasteiger partial charge in [0, 0.05) is 9.40 Å². The van der Waals surface area contributed by atoms with Crippen LogP contribution in [0.15, 0.2) is 0 Å². The van der Waals surface area contributed by atoms with Crippen LogP contribution in [0.25, 0.3) is 0 Å². The first-order valence-corrected chi connectivity index (χ1v) is 6.85. The Hall–Kier alpha value is -1.34.